The number of benzene rings is 1. The van der Waals surface area contributed by atoms with Crippen LogP contribution in [0, 0.1) is 0 Å². The van der Waals surface area contributed by atoms with Crippen molar-refractivity contribution in [1.82, 2.24) is 10.3 Å². The lowest BCUT2D eigenvalue weighted by Crippen LogP contribution is -2.20. The van der Waals surface area contributed by atoms with E-state index in [0.29, 0.717) is 0 Å². The molecule has 1 atom stereocenters. The SMILES string of the molecule is CNC(Cc1ccsc1)c1nccc2ccccc12. The molecule has 0 bridgehead atoms. The molecular formula is C16H16N2S. The summed E-state index contributed by atoms with van der Waals surface area (Å²) in [6, 6.07) is 12.9. The van der Waals surface area contributed by atoms with Gasteiger partial charge in [0.2, 0.25) is 0 Å². The second-order valence-electron chi connectivity index (χ2n) is 4.59. The summed E-state index contributed by atoms with van der Waals surface area (Å²) in [6.07, 6.45) is 2.87. The third kappa shape index (κ3) is 2.53. The molecule has 0 aliphatic rings. The maximum Gasteiger partial charge on any atom is 0.0654 e. The van der Waals surface area contributed by atoms with Crippen molar-refractivity contribution in [3.8, 4) is 0 Å². The maximum absolute atomic E-state index is 4.60. The van der Waals surface area contributed by atoms with Crippen molar-refractivity contribution < 1.29 is 0 Å². The molecule has 3 aromatic rings. The first-order valence-corrected chi connectivity index (χ1v) is 7.35. The first kappa shape index (κ1) is 12.3. The molecule has 19 heavy (non-hydrogen) atoms. The summed E-state index contributed by atoms with van der Waals surface area (Å²) in [4.78, 5) is 4.60. The predicted molar refractivity (Wildman–Crippen MR) is 81.6 cm³/mol. The highest BCUT2D eigenvalue weighted by Gasteiger charge is 2.14. The molecule has 0 spiro atoms. The Balaban J connectivity index is 2.01. The van der Waals surface area contributed by atoms with Crippen molar-refractivity contribution >= 4 is 22.1 Å². The van der Waals surface area contributed by atoms with Crippen LogP contribution in [-0.2, 0) is 6.42 Å². The fourth-order valence-corrected chi connectivity index (χ4v) is 3.08. The number of likely N-dealkylation sites (N-methyl/N-ethyl adjacent to an activating group) is 1. The number of nitrogens with zero attached hydrogens (tertiary/aromatic N) is 1. The average molecular weight is 268 g/mol. The van der Waals surface area contributed by atoms with E-state index in [1.807, 2.05) is 13.2 Å². The van der Waals surface area contributed by atoms with Crippen LogP contribution in [0.15, 0.2) is 53.4 Å². The lowest BCUT2D eigenvalue weighted by Gasteiger charge is -2.17. The quantitative estimate of drug-likeness (QED) is 0.778. The van der Waals surface area contributed by atoms with E-state index in [-0.39, 0.29) is 6.04 Å². The van der Waals surface area contributed by atoms with Crippen molar-refractivity contribution in [3.63, 3.8) is 0 Å². The molecule has 3 heteroatoms. The second kappa shape index (κ2) is 5.51. The summed E-state index contributed by atoms with van der Waals surface area (Å²) in [5.74, 6) is 0. The molecule has 2 aromatic heterocycles. The van der Waals surface area contributed by atoms with E-state index >= 15 is 0 Å². The summed E-state index contributed by atoms with van der Waals surface area (Å²) in [7, 11) is 2.00. The minimum absolute atomic E-state index is 0.251. The monoisotopic (exact) mass is 268 g/mol. The van der Waals surface area contributed by atoms with Gasteiger partial charge >= 0.3 is 0 Å². The average Bonchev–Trinajstić information content (AvgIpc) is 2.97. The van der Waals surface area contributed by atoms with Crippen LogP contribution < -0.4 is 5.32 Å². The van der Waals surface area contributed by atoms with Crippen molar-refractivity contribution in [1.29, 1.82) is 0 Å². The van der Waals surface area contributed by atoms with Crippen LogP contribution in [0.5, 0.6) is 0 Å². The summed E-state index contributed by atoms with van der Waals surface area (Å²) >= 11 is 1.74. The Bertz CT molecular complexity index is 656. The molecule has 0 fully saturated rings. The van der Waals surface area contributed by atoms with Crippen LogP contribution in [0.4, 0.5) is 0 Å². The Morgan fingerprint density at radius 2 is 2.11 bits per heavy atom. The topological polar surface area (TPSA) is 24.9 Å². The van der Waals surface area contributed by atoms with Gasteiger partial charge in [-0.05, 0) is 47.3 Å². The van der Waals surface area contributed by atoms with Crippen LogP contribution >= 0.6 is 11.3 Å². The third-order valence-electron chi connectivity index (χ3n) is 3.40. The van der Waals surface area contributed by atoms with Gasteiger partial charge in [0.25, 0.3) is 0 Å². The smallest absolute Gasteiger partial charge is 0.0654 e. The molecule has 2 heterocycles. The number of rotatable bonds is 4. The maximum atomic E-state index is 4.60. The number of hydrogen-bond donors (Lipinski definition) is 1. The lowest BCUT2D eigenvalue weighted by molar-refractivity contribution is 0.582. The highest BCUT2D eigenvalue weighted by molar-refractivity contribution is 7.07. The van der Waals surface area contributed by atoms with Gasteiger partial charge in [0.05, 0.1) is 11.7 Å². The molecule has 96 valence electrons. The van der Waals surface area contributed by atoms with Gasteiger partial charge in [0.1, 0.15) is 0 Å². The molecule has 1 N–H and O–H groups in total. The number of aromatic nitrogens is 1. The summed E-state index contributed by atoms with van der Waals surface area (Å²) in [6.45, 7) is 0. The zero-order chi connectivity index (χ0) is 13.1. The van der Waals surface area contributed by atoms with E-state index in [0.717, 1.165) is 12.1 Å². The van der Waals surface area contributed by atoms with E-state index < -0.39 is 0 Å². The van der Waals surface area contributed by atoms with Gasteiger partial charge in [-0.1, -0.05) is 24.3 Å². The fraction of sp³-hybridized carbons (Fsp3) is 0.188. The summed E-state index contributed by atoms with van der Waals surface area (Å²) < 4.78 is 0. The van der Waals surface area contributed by atoms with Crippen LogP contribution in [0.25, 0.3) is 10.8 Å². The van der Waals surface area contributed by atoms with Crippen LogP contribution in [0.1, 0.15) is 17.3 Å². The number of fused-ring (bicyclic) bond motifs is 1. The largest absolute Gasteiger partial charge is 0.311 e. The number of pyridine rings is 1. The van der Waals surface area contributed by atoms with Crippen molar-refractivity contribution in [2.24, 2.45) is 0 Å². The highest BCUT2D eigenvalue weighted by Crippen LogP contribution is 2.25. The lowest BCUT2D eigenvalue weighted by atomic mass is 10.0. The molecule has 2 nitrogen and oxygen atoms in total. The Morgan fingerprint density at radius 3 is 2.89 bits per heavy atom. The number of hydrogen-bond acceptors (Lipinski definition) is 3. The second-order valence-corrected chi connectivity index (χ2v) is 5.37. The van der Waals surface area contributed by atoms with Gasteiger partial charge in [-0.2, -0.15) is 11.3 Å². The van der Waals surface area contributed by atoms with Gasteiger partial charge < -0.3 is 5.32 Å². The molecule has 0 radical (unpaired) electrons. The van der Waals surface area contributed by atoms with Gasteiger partial charge in [-0.15, -0.1) is 0 Å². The first-order valence-electron chi connectivity index (χ1n) is 6.40. The first-order chi connectivity index (χ1) is 9.38. The van der Waals surface area contributed by atoms with E-state index in [4.69, 9.17) is 0 Å². The number of thiophene rings is 1. The van der Waals surface area contributed by atoms with E-state index in [1.165, 1.54) is 16.3 Å². The van der Waals surface area contributed by atoms with Crippen LogP contribution in [0.3, 0.4) is 0 Å². The predicted octanol–water partition coefficient (Wildman–Crippen LogP) is 3.80. The zero-order valence-corrected chi connectivity index (χ0v) is 11.7. The minimum Gasteiger partial charge on any atom is -0.311 e. The Hall–Kier alpha value is -1.71. The van der Waals surface area contributed by atoms with Gasteiger partial charge in [0, 0.05) is 11.6 Å². The van der Waals surface area contributed by atoms with Gasteiger partial charge in [0.15, 0.2) is 0 Å². The molecule has 3 rings (SSSR count). The molecule has 0 aliphatic carbocycles. The Labute approximate surface area is 117 Å². The van der Waals surface area contributed by atoms with Crippen LogP contribution in [0.2, 0.25) is 0 Å². The molecule has 0 amide bonds. The van der Waals surface area contributed by atoms with Crippen molar-refractivity contribution in [3.05, 3.63) is 64.6 Å². The number of nitrogens with one attached hydrogen (secondary N) is 1. The highest BCUT2D eigenvalue weighted by atomic mass is 32.1. The fourth-order valence-electron chi connectivity index (χ4n) is 2.40. The van der Waals surface area contributed by atoms with Gasteiger partial charge in [-0.3, -0.25) is 4.98 Å². The van der Waals surface area contributed by atoms with E-state index in [1.54, 1.807) is 11.3 Å². The van der Waals surface area contributed by atoms with E-state index in [9.17, 15) is 0 Å². The normalized spacial score (nSPS) is 12.7. The summed E-state index contributed by atoms with van der Waals surface area (Å²) in [5, 5.41) is 10.2. The third-order valence-corrected chi connectivity index (χ3v) is 4.13. The molecular weight excluding hydrogens is 252 g/mol. The molecule has 0 saturated carbocycles. The van der Waals surface area contributed by atoms with E-state index in [2.05, 4.69) is 57.5 Å². The Morgan fingerprint density at radius 1 is 1.21 bits per heavy atom. The summed E-state index contributed by atoms with van der Waals surface area (Å²) in [5.41, 5.74) is 2.49. The van der Waals surface area contributed by atoms with Crippen molar-refractivity contribution in [2.75, 3.05) is 7.05 Å². The molecule has 0 aliphatic heterocycles. The van der Waals surface area contributed by atoms with Crippen LogP contribution in [-0.4, -0.2) is 12.0 Å². The Kier molecular flexibility index (Phi) is 3.58. The molecule has 0 saturated heterocycles. The molecule has 1 unspecified atom stereocenters. The minimum atomic E-state index is 0.251. The standard InChI is InChI=1S/C16H16N2S/c1-17-15(10-12-7-9-19-11-12)16-14-5-3-2-4-13(14)6-8-18-16/h2-9,11,15,17H,10H2,1H3. The van der Waals surface area contributed by atoms with Crippen molar-refractivity contribution in [2.45, 2.75) is 12.5 Å². The molecule has 1 aromatic carbocycles. The van der Waals surface area contributed by atoms with Gasteiger partial charge in [-0.25, -0.2) is 0 Å². The zero-order valence-electron chi connectivity index (χ0n) is 10.8.